The summed E-state index contributed by atoms with van der Waals surface area (Å²) in [7, 11) is 3.07. The van der Waals surface area contributed by atoms with Gasteiger partial charge in [-0.15, -0.1) is 0 Å². The van der Waals surface area contributed by atoms with Crippen LogP contribution in [0.4, 0.5) is 11.4 Å². The molecule has 1 amide bonds. The van der Waals surface area contributed by atoms with Gasteiger partial charge in [-0.3, -0.25) is 4.79 Å². The standard InChI is InChI=1S/C12H18N2O3S/c1-16-10-6-8(13)9(7-11(10)17-2)14-12(15)4-5-18-3/h6-7H,4-5,13H2,1-3H3,(H,14,15). The summed E-state index contributed by atoms with van der Waals surface area (Å²) in [6.07, 6.45) is 2.41. The highest BCUT2D eigenvalue weighted by molar-refractivity contribution is 7.98. The smallest absolute Gasteiger partial charge is 0.225 e. The molecule has 100 valence electrons. The summed E-state index contributed by atoms with van der Waals surface area (Å²) in [5.41, 5.74) is 6.83. The molecule has 1 rings (SSSR count). The largest absolute Gasteiger partial charge is 0.493 e. The number of hydrogen-bond donors (Lipinski definition) is 2. The van der Waals surface area contributed by atoms with Crippen LogP contribution in [-0.4, -0.2) is 32.1 Å². The first-order valence-electron chi connectivity index (χ1n) is 5.42. The number of thioether (sulfide) groups is 1. The third-order valence-electron chi connectivity index (χ3n) is 2.36. The molecule has 0 fully saturated rings. The fourth-order valence-electron chi connectivity index (χ4n) is 1.41. The van der Waals surface area contributed by atoms with Gasteiger partial charge >= 0.3 is 0 Å². The Kier molecular flexibility index (Phi) is 5.64. The maximum atomic E-state index is 11.6. The van der Waals surface area contributed by atoms with Gasteiger partial charge in [0.15, 0.2) is 11.5 Å². The van der Waals surface area contributed by atoms with E-state index in [9.17, 15) is 4.79 Å². The fraction of sp³-hybridized carbons (Fsp3) is 0.417. The lowest BCUT2D eigenvalue weighted by molar-refractivity contribution is -0.115. The summed E-state index contributed by atoms with van der Waals surface area (Å²) in [4.78, 5) is 11.6. The summed E-state index contributed by atoms with van der Waals surface area (Å²) in [5, 5.41) is 2.76. The van der Waals surface area contributed by atoms with Crippen LogP contribution < -0.4 is 20.5 Å². The maximum Gasteiger partial charge on any atom is 0.225 e. The van der Waals surface area contributed by atoms with Crippen molar-refractivity contribution in [2.75, 3.05) is 37.3 Å². The van der Waals surface area contributed by atoms with Crippen LogP contribution in [0.1, 0.15) is 6.42 Å². The van der Waals surface area contributed by atoms with E-state index in [-0.39, 0.29) is 5.91 Å². The van der Waals surface area contributed by atoms with Crippen LogP contribution in [0.2, 0.25) is 0 Å². The topological polar surface area (TPSA) is 73.6 Å². The second-order valence-corrected chi connectivity index (χ2v) is 4.57. The minimum Gasteiger partial charge on any atom is -0.493 e. The van der Waals surface area contributed by atoms with Crippen molar-refractivity contribution in [2.24, 2.45) is 0 Å². The molecule has 0 aliphatic rings. The molecule has 6 heteroatoms. The van der Waals surface area contributed by atoms with Crippen molar-refractivity contribution in [3.05, 3.63) is 12.1 Å². The second kappa shape index (κ2) is 7.00. The van der Waals surface area contributed by atoms with Gasteiger partial charge in [0.25, 0.3) is 0 Å². The van der Waals surface area contributed by atoms with Gasteiger partial charge in [-0.25, -0.2) is 0 Å². The average molecular weight is 270 g/mol. The molecular formula is C12H18N2O3S. The van der Waals surface area contributed by atoms with E-state index in [2.05, 4.69) is 5.32 Å². The maximum absolute atomic E-state index is 11.6. The quantitative estimate of drug-likeness (QED) is 0.773. The van der Waals surface area contributed by atoms with E-state index in [0.29, 0.717) is 29.3 Å². The zero-order valence-electron chi connectivity index (χ0n) is 10.8. The van der Waals surface area contributed by atoms with Gasteiger partial charge in [0.1, 0.15) is 0 Å². The predicted octanol–water partition coefficient (Wildman–Crippen LogP) is 1.98. The Morgan fingerprint density at radius 2 is 1.94 bits per heavy atom. The molecule has 0 spiro atoms. The van der Waals surface area contributed by atoms with Crippen LogP contribution in [0, 0.1) is 0 Å². The number of nitrogens with two attached hydrogens (primary N) is 1. The molecule has 0 unspecified atom stereocenters. The van der Waals surface area contributed by atoms with Crippen molar-refractivity contribution >= 4 is 29.0 Å². The summed E-state index contributed by atoms with van der Waals surface area (Å²) < 4.78 is 10.3. The van der Waals surface area contributed by atoms with E-state index in [1.54, 1.807) is 23.9 Å². The van der Waals surface area contributed by atoms with Gasteiger partial charge in [0, 0.05) is 24.3 Å². The number of rotatable bonds is 6. The Bertz CT molecular complexity index is 424. The van der Waals surface area contributed by atoms with E-state index < -0.39 is 0 Å². The molecular weight excluding hydrogens is 252 g/mol. The number of carbonyl (C=O) groups is 1. The average Bonchev–Trinajstić information content (AvgIpc) is 2.38. The highest BCUT2D eigenvalue weighted by atomic mass is 32.2. The molecule has 0 aliphatic heterocycles. The molecule has 0 saturated carbocycles. The molecule has 18 heavy (non-hydrogen) atoms. The molecule has 0 aliphatic carbocycles. The Hall–Kier alpha value is -1.56. The number of nitrogens with one attached hydrogen (secondary N) is 1. The Morgan fingerprint density at radius 1 is 1.33 bits per heavy atom. The van der Waals surface area contributed by atoms with Crippen molar-refractivity contribution in [2.45, 2.75) is 6.42 Å². The monoisotopic (exact) mass is 270 g/mol. The minimum atomic E-state index is -0.0664. The summed E-state index contributed by atoms with van der Waals surface area (Å²) in [5.74, 6) is 1.78. The zero-order chi connectivity index (χ0) is 13.5. The van der Waals surface area contributed by atoms with Gasteiger partial charge in [-0.1, -0.05) is 0 Å². The lowest BCUT2D eigenvalue weighted by atomic mass is 10.2. The Balaban J connectivity index is 2.85. The van der Waals surface area contributed by atoms with Crippen LogP contribution in [0.25, 0.3) is 0 Å². The van der Waals surface area contributed by atoms with Crippen LogP contribution in [0.5, 0.6) is 11.5 Å². The highest BCUT2D eigenvalue weighted by Gasteiger charge is 2.11. The lowest BCUT2D eigenvalue weighted by Crippen LogP contribution is -2.13. The van der Waals surface area contributed by atoms with Crippen molar-refractivity contribution in [1.29, 1.82) is 0 Å². The third kappa shape index (κ3) is 3.73. The predicted molar refractivity (Wildman–Crippen MR) is 75.6 cm³/mol. The van der Waals surface area contributed by atoms with Gasteiger partial charge in [-0.2, -0.15) is 11.8 Å². The number of carbonyl (C=O) groups excluding carboxylic acids is 1. The van der Waals surface area contributed by atoms with E-state index in [4.69, 9.17) is 15.2 Å². The molecule has 1 aromatic rings. The highest BCUT2D eigenvalue weighted by Crippen LogP contribution is 2.34. The SMILES string of the molecule is COc1cc(N)c(NC(=O)CCSC)cc1OC. The van der Waals surface area contributed by atoms with Crippen LogP contribution >= 0.6 is 11.8 Å². The van der Waals surface area contributed by atoms with Gasteiger partial charge < -0.3 is 20.5 Å². The first kappa shape index (κ1) is 14.5. The molecule has 0 heterocycles. The molecule has 0 atom stereocenters. The van der Waals surface area contributed by atoms with E-state index in [1.165, 1.54) is 14.2 Å². The van der Waals surface area contributed by atoms with Crippen molar-refractivity contribution in [1.82, 2.24) is 0 Å². The first-order chi connectivity index (χ1) is 8.62. The molecule has 0 bridgehead atoms. The molecule has 0 saturated heterocycles. The number of benzene rings is 1. The Labute approximate surface area is 111 Å². The van der Waals surface area contributed by atoms with Gasteiger partial charge in [0.05, 0.1) is 25.6 Å². The number of nitrogen functional groups attached to an aromatic ring is 1. The fourth-order valence-corrected chi connectivity index (χ4v) is 1.80. The number of hydrogen-bond acceptors (Lipinski definition) is 5. The molecule has 1 aromatic carbocycles. The van der Waals surface area contributed by atoms with Crippen LogP contribution in [0.3, 0.4) is 0 Å². The number of anilines is 2. The Morgan fingerprint density at radius 3 is 2.50 bits per heavy atom. The molecule has 0 aromatic heterocycles. The summed E-state index contributed by atoms with van der Waals surface area (Å²) >= 11 is 1.62. The van der Waals surface area contributed by atoms with E-state index >= 15 is 0 Å². The zero-order valence-corrected chi connectivity index (χ0v) is 11.6. The number of methoxy groups -OCH3 is 2. The van der Waals surface area contributed by atoms with Crippen LogP contribution in [-0.2, 0) is 4.79 Å². The van der Waals surface area contributed by atoms with E-state index in [0.717, 1.165) is 5.75 Å². The summed E-state index contributed by atoms with van der Waals surface area (Å²) in [6, 6.07) is 3.29. The second-order valence-electron chi connectivity index (χ2n) is 3.59. The van der Waals surface area contributed by atoms with Crippen molar-refractivity contribution in [3.63, 3.8) is 0 Å². The summed E-state index contributed by atoms with van der Waals surface area (Å²) in [6.45, 7) is 0. The third-order valence-corrected chi connectivity index (χ3v) is 2.98. The first-order valence-corrected chi connectivity index (χ1v) is 6.82. The molecule has 0 radical (unpaired) electrons. The number of ether oxygens (including phenoxy) is 2. The van der Waals surface area contributed by atoms with Crippen LogP contribution in [0.15, 0.2) is 12.1 Å². The number of amides is 1. The minimum absolute atomic E-state index is 0.0664. The van der Waals surface area contributed by atoms with Gasteiger partial charge in [-0.05, 0) is 6.26 Å². The lowest BCUT2D eigenvalue weighted by Gasteiger charge is -2.13. The van der Waals surface area contributed by atoms with Gasteiger partial charge in [0.2, 0.25) is 5.91 Å². The normalized spacial score (nSPS) is 9.94. The molecule has 3 N–H and O–H groups in total. The van der Waals surface area contributed by atoms with E-state index in [1.807, 2.05) is 6.26 Å². The van der Waals surface area contributed by atoms with Crippen molar-refractivity contribution in [3.8, 4) is 11.5 Å². The molecule has 5 nitrogen and oxygen atoms in total. The van der Waals surface area contributed by atoms with Crippen molar-refractivity contribution < 1.29 is 14.3 Å².